The molecule has 2 aliphatic rings. The highest BCUT2D eigenvalue weighted by atomic mass is 35.5. The third-order valence-corrected chi connectivity index (χ3v) is 5.86. The highest BCUT2D eigenvalue weighted by Crippen LogP contribution is 2.37. The van der Waals surface area contributed by atoms with Crippen LogP contribution in [-0.4, -0.2) is 43.6 Å². The second-order valence-corrected chi connectivity index (χ2v) is 8.75. The number of ether oxygens (including phenoxy) is 1. The Labute approximate surface area is 156 Å². The highest BCUT2D eigenvalue weighted by Gasteiger charge is 2.52. The van der Waals surface area contributed by atoms with Crippen molar-refractivity contribution in [3.05, 3.63) is 28.3 Å². The van der Waals surface area contributed by atoms with Crippen LogP contribution in [0.5, 0.6) is 0 Å². The molecule has 6 heteroatoms. The lowest BCUT2D eigenvalue weighted by molar-refractivity contribution is -0.0262. The quantitative estimate of drug-likeness (QED) is 0.836. The smallest absolute Gasteiger partial charge is 0.399 e. The van der Waals surface area contributed by atoms with Crippen LogP contribution in [-0.2, 0) is 20.5 Å². The second-order valence-electron chi connectivity index (χ2n) is 8.31. The van der Waals surface area contributed by atoms with Crippen LogP contribution in [0.4, 0.5) is 0 Å². The van der Waals surface area contributed by atoms with Crippen LogP contribution < -0.4 is 10.8 Å². The zero-order valence-corrected chi connectivity index (χ0v) is 16.9. The number of aryl methyl sites for hydroxylation is 1. The van der Waals surface area contributed by atoms with Gasteiger partial charge in [0.15, 0.2) is 0 Å². The normalized spacial score (nSPS) is 28.4. The van der Waals surface area contributed by atoms with Gasteiger partial charge in [0.2, 0.25) is 0 Å². The Hall–Kier alpha value is -0.585. The summed E-state index contributed by atoms with van der Waals surface area (Å²) in [7, 11) is -0.411. The van der Waals surface area contributed by atoms with Crippen LogP contribution in [0, 0.1) is 6.92 Å². The highest BCUT2D eigenvalue weighted by molar-refractivity contribution is 6.63. The molecule has 2 atom stereocenters. The fraction of sp³-hybridized carbons (Fsp3) is 0.684. The molecule has 0 bridgehead atoms. The lowest BCUT2D eigenvalue weighted by atomic mass is 9.73. The van der Waals surface area contributed by atoms with E-state index in [-0.39, 0.29) is 23.4 Å². The molecule has 138 valence electrons. The largest absolute Gasteiger partial charge is 0.495 e. The van der Waals surface area contributed by atoms with Crippen molar-refractivity contribution in [1.82, 2.24) is 5.32 Å². The van der Waals surface area contributed by atoms with Crippen molar-refractivity contribution in [2.75, 3.05) is 13.1 Å². The van der Waals surface area contributed by atoms with Crippen LogP contribution in [0.1, 0.15) is 45.7 Å². The Morgan fingerprint density at radius 3 is 2.40 bits per heavy atom. The molecule has 2 heterocycles. The molecule has 0 radical (unpaired) electrons. The molecule has 2 saturated heterocycles. The standard InChI is InChI=1S/C19H29BClNO3/c1-12-7-14(21)8-17(20-24-18(3,4)19(5,6)25-20)16(12)9-15-11-22-10-13(2)23-15/h7-8,13,15,22H,9-11H2,1-6H3. The maximum Gasteiger partial charge on any atom is 0.495 e. The number of rotatable bonds is 3. The summed E-state index contributed by atoms with van der Waals surface area (Å²) in [4.78, 5) is 0. The van der Waals surface area contributed by atoms with E-state index in [1.54, 1.807) is 0 Å². The summed E-state index contributed by atoms with van der Waals surface area (Å²) in [5.74, 6) is 0. The molecule has 1 N–H and O–H groups in total. The van der Waals surface area contributed by atoms with E-state index in [4.69, 9.17) is 25.6 Å². The predicted molar refractivity (Wildman–Crippen MR) is 103 cm³/mol. The van der Waals surface area contributed by atoms with Gasteiger partial charge in [-0.3, -0.25) is 0 Å². The zero-order valence-electron chi connectivity index (χ0n) is 16.1. The maximum absolute atomic E-state index is 6.35. The van der Waals surface area contributed by atoms with Crippen LogP contribution in [0.3, 0.4) is 0 Å². The third-order valence-electron chi connectivity index (χ3n) is 5.64. The number of benzene rings is 1. The van der Waals surface area contributed by atoms with E-state index < -0.39 is 7.12 Å². The lowest BCUT2D eigenvalue weighted by Gasteiger charge is -2.32. The molecule has 0 aliphatic carbocycles. The Bertz CT molecular complexity index is 634. The molecule has 4 nitrogen and oxygen atoms in total. The third kappa shape index (κ3) is 3.91. The van der Waals surface area contributed by atoms with E-state index in [2.05, 4.69) is 46.9 Å². The van der Waals surface area contributed by atoms with Crippen molar-refractivity contribution in [1.29, 1.82) is 0 Å². The molecule has 2 fully saturated rings. The van der Waals surface area contributed by atoms with Crippen molar-refractivity contribution in [2.24, 2.45) is 0 Å². The Kier molecular flexibility index (Phi) is 5.26. The monoisotopic (exact) mass is 365 g/mol. The predicted octanol–water partition coefficient (Wildman–Crippen LogP) is 2.87. The number of morpholine rings is 1. The average molecular weight is 366 g/mol. The Morgan fingerprint density at radius 1 is 1.16 bits per heavy atom. The SMILES string of the molecule is Cc1cc(Cl)cc(B2OC(C)(C)C(C)(C)O2)c1CC1CNCC(C)O1. The molecule has 0 spiro atoms. The van der Waals surface area contributed by atoms with Crippen molar-refractivity contribution < 1.29 is 14.0 Å². The summed E-state index contributed by atoms with van der Waals surface area (Å²) in [6, 6.07) is 3.98. The van der Waals surface area contributed by atoms with Gasteiger partial charge >= 0.3 is 7.12 Å². The van der Waals surface area contributed by atoms with E-state index in [1.165, 1.54) is 5.56 Å². The Morgan fingerprint density at radius 2 is 1.80 bits per heavy atom. The van der Waals surface area contributed by atoms with Gasteiger partial charge in [-0.2, -0.15) is 0 Å². The van der Waals surface area contributed by atoms with Gasteiger partial charge < -0.3 is 19.4 Å². The van der Waals surface area contributed by atoms with Gasteiger partial charge in [0.05, 0.1) is 23.4 Å². The lowest BCUT2D eigenvalue weighted by Crippen LogP contribution is -2.46. The minimum absolute atomic E-state index is 0.143. The molecule has 1 aromatic carbocycles. The number of hydrogen-bond donors (Lipinski definition) is 1. The van der Waals surface area contributed by atoms with E-state index >= 15 is 0 Å². The minimum atomic E-state index is -0.411. The van der Waals surface area contributed by atoms with Gasteiger partial charge in [-0.25, -0.2) is 0 Å². The molecule has 0 aromatic heterocycles. The van der Waals surface area contributed by atoms with Gasteiger partial charge in [0.25, 0.3) is 0 Å². The molecular formula is C19H29BClNO3. The van der Waals surface area contributed by atoms with Crippen LogP contribution in [0.25, 0.3) is 0 Å². The van der Waals surface area contributed by atoms with Crippen molar-refractivity contribution in [3.8, 4) is 0 Å². The van der Waals surface area contributed by atoms with E-state index in [0.29, 0.717) is 5.02 Å². The van der Waals surface area contributed by atoms with Crippen molar-refractivity contribution in [3.63, 3.8) is 0 Å². The first kappa shape index (κ1) is 19.2. The molecule has 3 rings (SSSR count). The van der Waals surface area contributed by atoms with Crippen molar-refractivity contribution >= 4 is 24.2 Å². The van der Waals surface area contributed by atoms with E-state index in [9.17, 15) is 0 Å². The summed E-state index contributed by atoms with van der Waals surface area (Å²) in [6.07, 6.45) is 1.19. The minimum Gasteiger partial charge on any atom is -0.399 e. The van der Waals surface area contributed by atoms with E-state index in [0.717, 1.165) is 30.5 Å². The molecule has 2 aliphatic heterocycles. The molecule has 0 amide bonds. The van der Waals surface area contributed by atoms with Crippen LogP contribution in [0.15, 0.2) is 12.1 Å². The first-order chi connectivity index (χ1) is 11.6. The fourth-order valence-electron chi connectivity index (χ4n) is 3.48. The first-order valence-electron chi connectivity index (χ1n) is 9.10. The van der Waals surface area contributed by atoms with E-state index in [1.807, 2.05) is 12.1 Å². The number of hydrogen-bond acceptors (Lipinski definition) is 4. The molecule has 2 unspecified atom stereocenters. The van der Waals surface area contributed by atoms with Gasteiger partial charge in [-0.15, -0.1) is 0 Å². The first-order valence-corrected chi connectivity index (χ1v) is 9.47. The Balaban J connectivity index is 1.91. The van der Waals surface area contributed by atoms with Crippen molar-refractivity contribution in [2.45, 2.75) is 71.4 Å². The summed E-state index contributed by atoms with van der Waals surface area (Å²) < 4.78 is 18.6. The summed E-state index contributed by atoms with van der Waals surface area (Å²) >= 11 is 6.35. The summed E-state index contributed by atoms with van der Waals surface area (Å²) in [6.45, 7) is 14.2. The fourth-order valence-corrected chi connectivity index (χ4v) is 3.76. The zero-order chi connectivity index (χ0) is 18.4. The van der Waals surface area contributed by atoms with Gasteiger partial charge in [-0.05, 0) is 76.7 Å². The van der Waals surface area contributed by atoms with Crippen LogP contribution >= 0.6 is 11.6 Å². The van der Waals surface area contributed by atoms with Gasteiger partial charge in [-0.1, -0.05) is 11.6 Å². The van der Waals surface area contributed by atoms with Gasteiger partial charge in [0.1, 0.15) is 0 Å². The molecule has 1 aromatic rings. The summed E-state index contributed by atoms with van der Waals surface area (Å²) in [5.41, 5.74) is 2.64. The molecular weight excluding hydrogens is 336 g/mol. The van der Waals surface area contributed by atoms with Crippen LogP contribution in [0.2, 0.25) is 5.02 Å². The average Bonchev–Trinajstić information content (AvgIpc) is 2.70. The summed E-state index contributed by atoms with van der Waals surface area (Å²) in [5, 5.41) is 4.15. The number of nitrogens with one attached hydrogen (secondary N) is 1. The topological polar surface area (TPSA) is 39.7 Å². The molecule has 25 heavy (non-hydrogen) atoms. The maximum atomic E-state index is 6.35. The second kappa shape index (κ2) is 6.86. The van der Waals surface area contributed by atoms with Gasteiger partial charge in [0, 0.05) is 18.1 Å². The molecule has 0 saturated carbocycles. The number of halogens is 1.